The molecule has 2 aromatic heterocycles. The maximum absolute atomic E-state index is 12.3. The largest absolute Gasteiger partial charge is 0.341 e. The van der Waals surface area contributed by atoms with Crippen LogP contribution in [0.4, 0.5) is 0 Å². The number of likely N-dealkylation sites (tertiary alicyclic amines) is 1. The van der Waals surface area contributed by atoms with Gasteiger partial charge in [-0.25, -0.2) is 4.98 Å². The fraction of sp³-hybridized carbons (Fsp3) is 0.500. The molecule has 1 saturated heterocycles. The lowest BCUT2D eigenvalue weighted by Gasteiger charge is -2.21. The normalized spacial score (nSPS) is 16.6. The summed E-state index contributed by atoms with van der Waals surface area (Å²) in [5.41, 5.74) is 3.08. The second kappa shape index (κ2) is 5.85. The summed E-state index contributed by atoms with van der Waals surface area (Å²) < 4.78 is 2.08. The van der Waals surface area contributed by atoms with Crippen molar-refractivity contribution in [1.29, 1.82) is 0 Å². The van der Waals surface area contributed by atoms with Gasteiger partial charge in [0.25, 0.3) is 0 Å². The van der Waals surface area contributed by atoms with E-state index >= 15 is 0 Å². The van der Waals surface area contributed by atoms with Gasteiger partial charge in [0.2, 0.25) is 5.91 Å². The third-order valence-electron chi connectivity index (χ3n) is 4.19. The van der Waals surface area contributed by atoms with E-state index in [1.165, 1.54) is 0 Å². The topological polar surface area (TPSA) is 49.6 Å². The lowest BCUT2D eigenvalue weighted by Crippen LogP contribution is -2.43. The molecule has 1 aliphatic rings. The van der Waals surface area contributed by atoms with Gasteiger partial charge in [0.15, 0.2) is 0 Å². The van der Waals surface area contributed by atoms with E-state index in [2.05, 4.69) is 14.7 Å². The number of pyridine rings is 1. The van der Waals surface area contributed by atoms with Crippen molar-refractivity contribution in [3.8, 4) is 0 Å². The Morgan fingerprint density at radius 1 is 1.38 bits per heavy atom. The molecule has 0 saturated carbocycles. The Hall–Kier alpha value is -1.88. The highest BCUT2D eigenvalue weighted by atomic mass is 16.2. The molecule has 0 aromatic carbocycles. The molecule has 1 atom stereocenters. The van der Waals surface area contributed by atoms with Gasteiger partial charge in [-0.2, -0.15) is 0 Å². The van der Waals surface area contributed by atoms with E-state index in [9.17, 15) is 4.79 Å². The van der Waals surface area contributed by atoms with Crippen molar-refractivity contribution in [2.45, 2.75) is 39.3 Å². The molecule has 1 fully saturated rings. The number of carbonyl (C=O) groups excluding carboxylic acids is 1. The molecule has 0 aliphatic carbocycles. The first-order valence-corrected chi connectivity index (χ1v) is 7.61. The minimum atomic E-state index is -0.156. The predicted molar refractivity (Wildman–Crippen MR) is 82.0 cm³/mol. The summed E-state index contributed by atoms with van der Waals surface area (Å²) in [6.07, 6.45) is 4.27. The Kier molecular flexibility index (Phi) is 3.92. The molecular weight excluding hydrogens is 264 g/mol. The number of imidazole rings is 1. The second-order valence-corrected chi connectivity index (χ2v) is 5.71. The molecule has 1 unspecified atom stereocenters. The van der Waals surface area contributed by atoms with Crippen molar-refractivity contribution < 1.29 is 4.79 Å². The number of rotatable bonds is 4. The number of amides is 1. The van der Waals surface area contributed by atoms with Crippen molar-refractivity contribution in [2.75, 3.05) is 13.1 Å². The van der Waals surface area contributed by atoms with Crippen LogP contribution in [0.25, 0.3) is 5.65 Å². The summed E-state index contributed by atoms with van der Waals surface area (Å²) in [4.78, 5) is 18.8. The molecule has 5 nitrogen and oxygen atoms in total. The monoisotopic (exact) mass is 286 g/mol. The predicted octanol–water partition coefficient (Wildman–Crippen LogP) is 1.74. The number of nitrogens with zero attached hydrogens (tertiary/aromatic N) is 3. The van der Waals surface area contributed by atoms with Crippen molar-refractivity contribution >= 4 is 11.6 Å². The van der Waals surface area contributed by atoms with E-state index in [4.69, 9.17) is 0 Å². The van der Waals surface area contributed by atoms with E-state index in [0.717, 1.165) is 43.0 Å². The van der Waals surface area contributed by atoms with Crippen LogP contribution in [0.5, 0.6) is 0 Å². The van der Waals surface area contributed by atoms with E-state index in [-0.39, 0.29) is 11.9 Å². The van der Waals surface area contributed by atoms with Crippen LogP contribution in [0.15, 0.2) is 24.4 Å². The number of carbonyl (C=O) groups is 1. The molecule has 3 rings (SSSR count). The first-order valence-electron chi connectivity index (χ1n) is 7.61. The van der Waals surface area contributed by atoms with Crippen LogP contribution in [0, 0.1) is 6.92 Å². The fourth-order valence-electron chi connectivity index (χ4n) is 2.93. The first-order chi connectivity index (χ1) is 10.2. The summed E-state index contributed by atoms with van der Waals surface area (Å²) in [6.45, 7) is 6.41. The molecule has 1 aliphatic heterocycles. The third kappa shape index (κ3) is 2.78. The van der Waals surface area contributed by atoms with Gasteiger partial charge >= 0.3 is 0 Å². The third-order valence-corrected chi connectivity index (χ3v) is 4.19. The van der Waals surface area contributed by atoms with Gasteiger partial charge in [0.05, 0.1) is 17.4 Å². The first kappa shape index (κ1) is 14.1. The summed E-state index contributed by atoms with van der Waals surface area (Å²) in [6, 6.07) is 5.82. The average Bonchev–Trinajstić information content (AvgIpc) is 3.11. The number of aryl methyl sites for hydroxylation is 1. The van der Waals surface area contributed by atoms with Crippen molar-refractivity contribution in [3.05, 3.63) is 35.8 Å². The van der Waals surface area contributed by atoms with E-state index < -0.39 is 0 Å². The highest BCUT2D eigenvalue weighted by Crippen LogP contribution is 2.13. The van der Waals surface area contributed by atoms with E-state index in [1.54, 1.807) is 0 Å². The molecule has 21 heavy (non-hydrogen) atoms. The van der Waals surface area contributed by atoms with Gasteiger partial charge in [-0.05, 0) is 38.8 Å². The standard InChI is InChI=1S/C16H22N4O/c1-12-14(20-10-4-3-7-15(20)18-12)11-17-13(2)16(21)19-8-5-6-9-19/h3-4,7,10,13,17H,5-6,8-9,11H2,1-2H3. The van der Waals surface area contributed by atoms with Crippen LogP contribution in [-0.2, 0) is 11.3 Å². The number of hydrogen-bond acceptors (Lipinski definition) is 3. The summed E-state index contributed by atoms with van der Waals surface area (Å²) in [5.74, 6) is 0.207. The zero-order valence-electron chi connectivity index (χ0n) is 12.7. The molecule has 5 heteroatoms. The Balaban J connectivity index is 1.68. The van der Waals surface area contributed by atoms with Gasteiger partial charge in [0, 0.05) is 25.8 Å². The minimum Gasteiger partial charge on any atom is -0.341 e. The average molecular weight is 286 g/mol. The molecule has 3 heterocycles. The molecular formula is C16H22N4O. The van der Waals surface area contributed by atoms with Gasteiger partial charge in [-0.1, -0.05) is 6.07 Å². The van der Waals surface area contributed by atoms with Crippen LogP contribution >= 0.6 is 0 Å². The van der Waals surface area contributed by atoms with Gasteiger partial charge in [-0.3, -0.25) is 4.79 Å². The zero-order chi connectivity index (χ0) is 14.8. The van der Waals surface area contributed by atoms with Crippen LogP contribution in [-0.4, -0.2) is 39.3 Å². The highest BCUT2D eigenvalue weighted by molar-refractivity contribution is 5.81. The Morgan fingerprint density at radius 3 is 2.90 bits per heavy atom. The van der Waals surface area contributed by atoms with Crippen LogP contribution in [0.1, 0.15) is 31.2 Å². The van der Waals surface area contributed by atoms with Gasteiger partial charge < -0.3 is 14.6 Å². The quantitative estimate of drug-likeness (QED) is 0.931. The summed E-state index contributed by atoms with van der Waals surface area (Å²) in [7, 11) is 0. The number of nitrogens with one attached hydrogen (secondary N) is 1. The molecule has 0 bridgehead atoms. The SMILES string of the molecule is Cc1nc2ccccn2c1CNC(C)C(=O)N1CCCC1. The molecule has 0 spiro atoms. The van der Waals surface area contributed by atoms with Crippen LogP contribution in [0.2, 0.25) is 0 Å². The lowest BCUT2D eigenvalue weighted by atomic mass is 10.2. The van der Waals surface area contributed by atoms with Crippen molar-refractivity contribution in [1.82, 2.24) is 19.6 Å². The second-order valence-electron chi connectivity index (χ2n) is 5.71. The van der Waals surface area contributed by atoms with E-state index in [1.807, 2.05) is 43.1 Å². The Bertz CT molecular complexity index is 643. The van der Waals surface area contributed by atoms with Crippen molar-refractivity contribution in [3.63, 3.8) is 0 Å². The van der Waals surface area contributed by atoms with Crippen molar-refractivity contribution in [2.24, 2.45) is 0 Å². The number of hydrogen-bond donors (Lipinski definition) is 1. The zero-order valence-corrected chi connectivity index (χ0v) is 12.7. The highest BCUT2D eigenvalue weighted by Gasteiger charge is 2.23. The molecule has 1 N–H and O–H groups in total. The molecule has 112 valence electrons. The Morgan fingerprint density at radius 2 is 2.14 bits per heavy atom. The smallest absolute Gasteiger partial charge is 0.239 e. The molecule has 2 aromatic rings. The number of aromatic nitrogens is 2. The van der Waals surface area contributed by atoms with E-state index in [0.29, 0.717) is 6.54 Å². The fourth-order valence-corrected chi connectivity index (χ4v) is 2.93. The van der Waals surface area contributed by atoms with Gasteiger partial charge in [-0.15, -0.1) is 0 Å². The summed E-state index contributed by atoms with van der Waals surface area (Å²) in [5, 5.41) is 3.34. The molecule has 1 amide bonds. The number of fused-ring (bicyclic) bond motifs is 1. The lowest BCUT2D eigenvalue weighted by molar-refractivity contribution is -0.132. The Labute approximate surface area is 125 Å². The summed E-state index contributed by atoms with van der Waals surface area (Å²) >= 11 is 0. The van der Waals surface area contributed by atoms with Crippen LogP contribution in [0.3, 0.4) is 0 Å². The maximum Gasteiger partial charge on any atom is 0.239 e. The van der Waals surface area contributed by atoms with Crippen LogP contribution < -0.4 is 5.32 Å². The maximum atomic E-state index is 12.3. The van der Waals surface area contributed by atoms with Gasteiger partial charge in [0.1, 0.15) is 5.65 Å². The minimum absolute atomic E-state index is 0.156. The molecule has 0 radical (unpaired) electrons.